The summed E-state index contributed by atoms with van der Waals surface area (Å²) in [5.41, 5.74) is 1.25. The van der Waals surface area contributed by atoms with Gasteiger partial charge in [-0.1, -0.05) is 6.07 Å². The molecule has 0 radical (unpaired) electrons. The molecule has 0 saturated carbocycles. The average Bonchev–Trinajstić information content (AvgIpc) is 2.30. The third-order valence-electron chi connectivity index (χ3n) is 2.91. The van der Waals surface area contributed by atoms with Gasteiger partial charge in [0.15, 0.2) is 0 Å². The van der Waals surface area contributed by atoms with Gasteiger partial charge in [0.2, 0.25) is 0 Å². The molecule has 1 heterocycles. The molecule has 1 aromatic carbocycles. The van der Waals surface area contributed by atoms with E-state index >= 15 is 0 Å². The van der Waals surface area contributed by atoms with E-state index < -0.39 is 6.10 Å². The molecule has 3 nitrogen and oxygen atoms in total. The molecule has 1 aliphatic heterocycles. The Kier molecular flexibility index (Phi) is 3.41. The lowest BCUT2D eigenvalue weighted by Crippen LogP contribution is -2.43. The van der Waals surface area contributed by atoms with Crippen LogP contribution in [0.2, 0.25) is 0 Å². The number of nitrogens with one attached hydrogen (secondary N) is 1. The summed E-state index contributed by atoms with van der Waals surface area (Å²) in [7, 11) is 0. The molecule has 1 atom stereocenters. The van der Waals surface area contributed by atoms with Gasteiger partial charge in [0.05, 0.1) is 11.8 Å². The molecular formula is C12H17FN2O. The van der Waals surface area contributed by atoms with Gasteiger partial charge < -0.3 is 15.3 Å². The molecular weight excluding hydrogens is 207 g/mol. The number of aliphatic hydroxyl groups is 1. The zero-order valence-electron chi connectivity index (χ0n) is 9.41. The molecule has 1 aromatic rings. The second-order valence-electron chi connectivity index (χ2n) is 4.12. The summed E-state index contributed by atoms with van der Waals surface area (Å²) in [6.07, 6.45) is -0.619. The van der Waals surface area contributed by atoms with Crippen molar-refractivity contribution >= 4 is 5.69 Å². The third-order valence-corrected chi connectivity index (χ3v) is 2.91. The minimum atomic E-state index is -0.619. The lowest BCUT2D eigenvalue weighted by atomic mass is 10.1. The number of piperazine rings is 1. The summed E-state index contributed by atoms with van der Waals surface area (Å²) >= 11 is 0. The Morgan fingerprint density at radius 1 is 1.38 bits per heavy atom. The topological polar surface area (TPSA) is 35.5 Å². The molecule has 16 heavy (non-hydrogen) atoms. The Labute approximate surface area is 94.9 Å². The standard InChI is InChI=1S/C12H17FN2O/c1-9(16)10-2-3-12(11(13)8-10)15-6-4-14-5-7-15/h2-3,8-9,14,16H,4-7H2,1H3. The summed E-state index contributed by atoms with van der Waals surface area (Å²) in [5.74, 6) is -0.250. The minimum Gasteiger partial charge on any atom is -0.389 e. The Morgan fingerprint density at radius 3 is 2.62 bits per heavy atom. The van der Waals surface area contributed by atoms with Crippen molar-refractivity contribution in [2.24, 2.45) is 0 Å². The van der Waals surface area contributed by atoms with Crippen molar-refractivity contribution in [2.75, 3.05) is 31.1 Å². The maximum absolute atomic E-state index is 13.8. The molecule has 2 N–H and O–H groups in total. The van der Waals surface area contributed by atoms with Crippen LogP contribution in [-0.4, -0.2) is 31.3 Å². The molecule has 1 saturated heterocycles. The van der Waals surface area contributed by atoms with E-state index in [4.69, 9.17) is 0 Å². The highest BCUT2D eigenvalue weighted by molar-refractivity contribution is 5.49. The van der Waals surface area contributed by atoms with Crippen molar-refractivity contribution in [1.29, 1.82) is 0 Å². The summed E-state index contributed by atoms with van der Waals surface area (Å²) in [4.78, 5) is 2.03. The van der Waals surface area contributed by atoms with Crippen LogP contribution in [0, 0.1) is 5.82 Å². The molecule has 1 aliphatic rings. The first-order chi connectivity index (χ1) is 7.68. The first-order valence-corrected chi connectivity index (χ1v) is 5.61. The zero-order valence-corrected chi connectivity index (χ0v) is 9.41. The van der Waals surface area contributed by atoms with E-state index in [-0.39, 0.29) is 5.82 Å². The van der Waals surface area contributed by atoms with Gasteiger partial charge in [-0.3, -0.25) is 0 Å². The quantitative estimate of drug-likeness (QED) is 0.794. The van der Waals surface area contributed by atoms with Crippen molar-refractivity contribution < 1.29 is 9.50 Å². The highest BCUT2D eigenvalue weighted by atomic mass is 19.1. The van der Waals surface area contributed by atoms with Crippen LogP contribution in [0.1, 0.15) is 18.6 Å². The van der Waals surface area contributed by atoms with E-state index in [1.165, 1.54) is 6.07 Å². The van der Waals surface area contributed by atoms with E-state index in [0.29, 0.717) is 11.3 Å². The van der Waals surface area contributed by atoms with Gasteiger partial charge in [-0.05, 0) is 24.6 Å². The van der Waals surface area contributed by atoms with Gasteiger partial charge in [0.25, 0.3) is 0 Å². The predicted octanol–water partition coefficient (Wildman–Crippen LogP) is 1.29. The number of aliphatic hydroxyl groups excluding tert-OH is 1. The van der Waals surface area contributed by atoms with Gasteiger partial charge in [0, 0.05) is 26.2 Å². The van der Waals surface area contributed by atoms with Gasteiger partial charge in [-0.2, -0.15) is 0 Å². The van der Waals surface area contributed by atoms with Crippen LogP contribution >= 0.6 is 0 Å². The Bertz CT molecular complexity index is 362. The highest BCUT2D eigenvalue weighted by Gasteiger charge is 2.15. The molecule has 2 rings (SSSR count). The van der Waals surface area contributed by atoms with Crippen LogP contribution in [0.25, 0.3) is 0 Å². The molecule has 0 bridgehead atoms. The van der Waals surface area contributed by atoms with Crippen LogP contribution in [0.5, 0.6) is 0 Å². The van der Waals surface area contributed by atoms with Gasteiger partial charge in [0.1, 0.15) is 5.82 Å². The fraction of sp³-hybridized carbons (Fsp3) is 0.500. The maximum Gasteiger partial charge on any atom is 0.146 e. The lowest BCUT2D eigenvalue weighted by molar-refractivity contribution is 0.199. The summed E-state index contributed by atoms with van der Waals surface area (Å²) in [6.45, 7) is 5.06. The van der Waals surface area contributed by atoms with Crippen LogP contribution in [0.15, 0.2) is 18.2 Å². The van der Waals surface area contributed by atoms with Crippen molar-refractivity contribution in [2.45, 2.75) is 13.0 Å². The molecule has 1 unspecified atom stereocenters. The second-order valence-corrected chi connectivity index (χ2v) is 4.12. The Hall–Kier alpha value is -1.13. The SMILES string of the molecule is CC(O)c1ccc(N2CCNCC2)c(F)c1. The van der Waals surface area contributed by atoms with E-state index in [9.17, 15) is 9.50 Å². The first kappa shape index (κ1) is 11.4. The van der Waals surface area contributed by atoms with Crippen LogP contribution in [-0.2, 0) is 0 Å². The molecule has 1 fully saturated rings. The molecule has 0 aliphatic carbocycles. The fourth-order valence-corrected chi connectivity index (χ4v) is 1.95. The van der Waals surface area contributed by atoms with Gasteiger partial charge in [-0.25, -0.2) is 4.39 Å². The normalized spacial score (nSPS) is 18.6. The first-order valence-electron chi connectivity index (χ1n) is 5.61. The second kappa shape index (κ2) is 4.80. The molecule has 0 amide bonds. The van der Waals surface area contributed by atoms with E-state index in [1.54, 1.807) is 19.1 Å². The van der Waals surface area contributed by atoms with Crippen LogP contribution in [0.3, 0.4) is 0 Å². The summed E-state index contributed by atoms with van der Waals surface area (Å²) < 4.78 is 13.8. The van der Waals surface area contributed by atoms with Crippen LogP contribution < -0.4 is 10.2 Å². The number of halogens is 1. The van der Waals surface area contributed by atoms with Gasteiger partial charge in [-0.15, -0.1) is 0 Å². The number of rotatable bonds is 2. The monoisotopic (exact) mass is 224 g/mol. The minimum absolute atomic E-state index is 0.250. The number of hydrogen-bond donors (Lipinski definition) is 2. The molecule has 0 aromatic heterocycles. The van der Waals surface area contributed by atoms with Crippen LogP contribution in [0.4, 0.5) is 10.1 Å². The van der Waals surface area contributed by atoms with Crippen molar-refractivity contribution in [3.05, 3.63) is 29.6 Å². The Balaban J connectivity index is 2.21. The van der Waals surface area contributed by atoms with Crippen molar-refractivity contribution in [1.82, 2.24) is 5.32 Å². The van der Waals surface area contributed by atoms with E-state index in [0.717, 1.165) is 26.2 Å². The number of anilines is 1. The van der Waals surface area contributed by atoms with Crippen molar-refractivity contribution in [3.8, 4) is 0 Å². The van der Waals surface area contributed by atoms with E-state index in [2.05, 4.69) is 5.32 Å². The Morgan fingerprint density at radius 2 is 2.06 bits per heavy atom. The number of hydrogen-bond acceptors (Lipinski definition) is 3. The summed E-state index contributed by atoms with van der Waals surface area (Å²) in [5, 5.41) is 12.6. The predicted molar refractivity (Wildman–Crippen MR) is 62.1 cm³/mol. The van der Waals surface area contributed by atoms with E-state index in [1.807, 2.05) is 4.90 Å². The summed E-state index contributed by atoms with van der Waals surface area (Å²) in [6, 6.07) is 4.95. The molecule has 88 valence electrons. The maximum atomic E-state index is 13.8. The fourth-order valence-electron chi connectivity index (χ4n) is 1.95. The third kappa shape index (κ3) is 2.33. The smallest absolute Gasteiger partial charge is 0.146 e. The molecule has 0 spiro atoms. The van der Waals surface area contributed by atoms with Crippen molar-refractivity contribution in [3.63, 3.8) is 0 Å². The van der Waals surface area contributed by atoms with Gasteiger partial charge >= 0.3 is 0 Å². The molecule has 4 heteroatoms. The number of benzene rings is 1. The number of nitrogens with zero attached hydrogens (tertiary/aromatic N) is 1. The lowest BCUT2D eigenvalue weighted by Gasteiger charge is -2.29. The zero-order chi connectivity index (χ0) is 11.5. The highest BCUT2D eigenvalue weighted by Crippen LogP contribution is 2.23. The largest absolute Gasteiger partial charge is 0.389 e. The average molecular weight is 224 g/mol.